The summed E-state index contributed by atoms with van der Waals surface area (Å²) in [4.78, 5) is 23.9. The number of nitrogens with zero attached hydrogens (tertiary/aromatic N) is 1. The van der Waals surface area contributed by atoms with E-state index >= 15 is 0 Å². The van der Waals surface area contributed by atoms with Gasteiger partial charge < -0.3 is 4.42 Å². The highest BCUT2D eigenvalue weighted by Gasteiger charge is 2.40. The highest BCUT2D eigenvalue weighted by Crippen LogP contribution is 2.25. The van der Waals surface area contributed by atoms with Crippen LogP contribution in [0.2, 0.25) is 0 Å². The predicted octanol–water partition coefficient (Wildman–Crippen LogP) is 1.20. The molecule has 2 amide bonds. The number of rotatable bonds is 3. The van der Waals surface area contributed by atoms with E-state index in [0.29, 0.717) is 0 Å². The van der Waals surface area contributed by atoms with Crippen molar-refractivity contribution in [3.8, 4) is 0 Å². The molecule has 0 saturated carbocycles. The Hall–Kier alpha value is -2.45. The predicted molar refractivity (Wildman–Crippen MR) is 63.9 cm³/mol. The molecule has 0 fully saturated rings. The molecule has 0 unspecified atom stereocenters. The summed E-state index contributed by atoms with van der Waals surface area (Å²) in [5, 5.41) is -0.281. The highest BCUT2D eigenvalue weighted by atomic mass is 32.2. The van der Waals surface area contributed by atoms with Crippen molar-refractivity contribution in [1.82, 2.24) is 5.06 Å². The molecule has 0 aliphatic carbocycles. The molecule has 2 heterocycles. The number of hydrogen-bond donors (Lipinski definition) is 0. The zero-order valence-electron chi connectivity index (χ0n) is 9.85. The summed E-state index contributed by atoms with van der Waals surface area (Å²) in [5.74, 6) is -1.67. The topological polar surface area (TPSA) is 93.9 Å². The van der Waals surface area contributed by atoms with E-state index < -0.39 is 27.0 Å². The fourth-order valence-electron chi connectivity index (χ4n) is 1.78. The molecule has 0 atom stereocenters. The van der Waals surface area contributed by atoms with Gasteiger partial charge in [-0.1, -0.05) is 12.1 Å². The van der Waals surface area contributed by atoms with Crippen LogP contribution < -0.4 is 0 Å². The van der Waals surface area contributed by atoms with Gasteiger partial charge in [0, 0.05) is 0 Å². The number of carbonyl (C=O) groups excluding carboxylic acids is 2. The van der Waals surface area contributed by atoms with E-state index in [-0.39, 0.29) is 16.2 Å². The Morgan fingerprint density at radius 2 is 1.55 bits per heavy atom. The molecule has 7 nitrogen and oxygen atoms in total. The molecule has 1 aromatic carbocycles. The number of imide groups is 1. The minimum atomic E-state index is -4.37. The molecule has 1 aliphatic heterocycles. The Labute approximate surface area is 113 Å². The van der Waals surface area contributed by atoms with Gasteiger partial charge in [-0.25, -0.2) is 0 Å². The van der Waals surface area contributed by atoms with Crippen LogP contribution in [0.4, 0.5) is 0 Å². The van der Waals surface area contributed by atoms with Crippen molar-refractivity contribution in [3.63, 3.8) is 0 Å². The first-order chi connectivity index (χ1) is 9.50. The molecule has 0 spiro atoms. The van der Waals surface area contributed by atoms with Gasteiger partial charge in [0.1, 0.15) is 0 Å². The molecule has 0 N–H and O–H groups in total. The summed E-state index contributed by atoms with van der Waals surface area (Å²) < 4.78 is 32.9. The summed E-state index contributed by atoms with van der Waals surface area (Å²) in [7, 11) is -4.37. The molecular formula is C12H7NO6S. The van der Waals surface area contributed by atoms with Crippen molar-refractivity contribution in [1.29, 1.82) is 0 Å². The molecule has 8 heteroatoms. The third kappa shape index (κ3) is 1.82. The largest absolute Gasteiger partial charge is 0.451 e. The van der Waals surface area contributed by atoms with E-state index in [0.717, 1.165) is 12.3 Å². The quantitative estimate of drug-likeness (QED) is 0.789. The SMILES string of the molecule is O=C1c2ccccc2C(=O)N1OS(=O)(=O)c1ccco1. The number of hydrogen-bond acceptors (Lipinski definition) is 6. The molecule has 3 rings (SSSR count). The van der Waals surface area contributed by atoms with Gasteiger partial charge in [0.15, 0.2) is 0 Å². The molecule has 1 aliphatic rings. The zero-order valence-corrected chi connectivity index (χ0v) is 10.7. The van der Waals surface area contributed by atoms with Crippen LogP contribution in [0.15, 0.2) is 52.2 Å². The first-order valence-corrected chi connectivity index (χ1v) is 6.87. The van der Waals surface area contributed by atoms with Crippen LogP contribution in [0.25, 0.3) is 0 Å². The number of benzene rings is 1. The molecule has 20 heavy (non-hydrogen) atoms. The lowest BCUT2D eigenvalue weighted by molar-refractivity contribution is -0.0113. The summed E-state index contributed by atoms with van der Waals surface area (Å²) >= 11 is 0. The van der Waals surface area contributed by atoms with E-state index in [9.17, 15) is 18.0 Å². The van der Waals surface area contributed by atoms with Crippen LogP contribution in [0, 0.1) is 0 Å². The Bertz CT molecular complexity index is 758. The average Bonchev–Trinajstić information content (AvgIpc) is 3.04. The first kappa shape index (κ1) is 12.6. The van der Waals surface area contributed by atoms with Crippen LogP contribution in [0.5, 0.6) is 0 Å². The number of amides is 2. The lowest BCUT2D eigenvalue weighted by Crippen LogP contribution is -2.32. The van der Waals surface area contributed by atoms with Crippen LogP contribution in [0.1, 0.15) is 20.7 Å². The Balaban J connectivity index is 1.95. The molecule has 1 aromatic heterocycles. The van der Waals surface area contributed by atoms with Gasteiger partial charge in [-0.2, -0.15) is 8.42 Å². The summed E-state index contributed by atoms with van der Waals surface area (Å²) in [6, 6.07) is 8.45. The van der Waals surface area contributed by atoms with Gasteiger partial charge in [0.25, 0.3) is 11.8 Å². The van der Waals surface area contributed by atoms with E-state index in [1.165, 1.54) is 18.2 Å². The van der Waals surface area contributed by atoms with Crippen molar-refractivity contribution >= 4 is 21.9 Å². The Morgan fingerprint density at radius 1 is 0.950 bits per heavy atom. The zero-order chi connectivity index (χ0) is 14.3. The maximum atomic E-state index is 11.9. The lowest BCUT2D eigenvalue weighted by Gasteiger charge is -2.11. The van der Waals surface area contributed by atoms with Crippen LogP contribution in [-0.4, -0.2) is 25.3 Å². The molecule has 2 aromatic rings. The number of furan rings is 1. The van der Waals surface area contributed by atoms with Crippen molar-refractivity contribution < 1.29 is 26.7 Å². The number of hydroxylamine groups is 2. The maximum Gasteiger partial charge on any atom is 0.351 e. The van der Waals surface area contributed by atoms with Crippen molar-refractivity contribution in [2.45, 2.75) is 5.09 Å². The van der Waals surface area contributed by atoms with Crippen LogP contribution >= 0.6 is 0 Å². The standard InChI is InChI=1S/C12H7NO6S/c14-11-8-4-1-2-5-9(8)12(15)13(11)19-20(16,17)10-6-3-7-18-10/h1-7H. The lowest BCUT2D eigenvalue weighted by atomic mass is 10.1. The van der Waals surface area contributed by atoms with Gasteiger partial charge in [-0.05, 0) is 24.3 Å². The first-order valence-electron chi connectivity index (χ1n) is 5.46. The minimum Gasteiger partial charge on any atom is -0.451 e. The van der Waals surface area contributed by atoms with E-state index in [2.05, 4.69) is 4.28 Å². The van der Waals surface area contributed by atoms with E-state index in [1.54, 1.807) is 12.1 Å². The van der Waals surface area contributed by atoms with Crippen LogP contribution in [0.3, 0.4) is 0 Å². The fourth-order valence-corrected chi connectivity index (χ4v) is 2.60. The molecule has 0 saturated heterocycles. The summed E-state index contributed by atoms with van der Waals surface area (Å²) in [6.45, 7) is 0. The molecule has 0 radical (unpaired) electrons. The van der Waals surface area contributed by atoms with Gasteiger partial charge in [0.05, 0.1) is 17.4 Å². The number of carbonyl (C=O) groups is 2. The van der Waals surface area contributed by atoms with E-state index in [1.807, 2.05) is 0 Å². The molecule has 102 valence electrons. The second-order valence-electron chi connectivity index (χ2n) is 3.91. The van der Waals surface area contributed by atoms with Crippen molar-refractivity contribution in [2.75, 3.05) is 0 Å². The van der Waals surface area contributed by atoms with Crippen LogP contribution in [-0.2, 0) is 14.4 Å². The Kier molecular flexibility index (Phi) is 2.70. The van der Waals surface area contributed by atoms with Crippen molar-refractivity contribution in [3.05, 3.63) is 53.8 Å². The second-order valence-corrected chi connectivity index (χ2v) is 5.37. The second kappa shape index (κ2) is 4.29. The maximum absolute atomic E-state index is 11.9. The minimum absolute atomic E-state index is 0.0899. The van der Waals surface area contributed by atoms with Gasteiger partial charge in [-0.15, -0.1) is 9.35 Å². The summed E-state index contributed by atoms with van der Waals surface area (Å²) in [5.41, 5.74) is 0.180. The average molecular weight is 293 g/mol. The van der Waals surface area contributed by atoms with E-state index in [4.69, 9.17) is 4.42 Å². The van der Waals surface area contributed by atoms with Gasteiger partial charge >= 0.3 is 10.1 Å². The third-order valence-electron chi connectivity index (χ3n) is 2.67. The number of fused-ring (bicyclic) bond motifs is 1. The Morgan fingerprint density at radius 3 is 2.05 bits per heavy atom. The van der Waals surface area contributed by atoms with Crippen molar-refractivity contribution in [2.24, 2.45) is 0 Å². The fraction of sp³-hybridized carbons (Fsp3) is 0. The monoisotopic (exact) mass is 293 g/mol. The highest BCUT2D eigenvalue weighted by molar-refractivity contribution is 7.86. The normalized spacial score (nSPS) is 14.7. The van der Waals surface area contributed by atoms with Gasteiger partial charge in [0.2, 0.25) is 5.09 Å². The molecule has 0 bridgehead atoms. The summed E-state index contributed by atoms with van der Waals surface area (Å²) in [6.07, 6.45) is 1.14. The third-order valence-corrected chi connectivity index (χ3v) is 3.74. The smallest absolute Gasteiger partial charge is 0.351 e. The molecular weight excluding hydrogens is 286 g/mol. The van der Waals surface area contributed by atoms with Gasteiger partial charge in [-0.3, -0.25) is 9.59 Å².